The van der Waals surface area contributed by atoms with Crippen molar-refractivity contribution >= 4 is 0 Å². The molecular formula is C15H23NO2. The third-order valence-corrected chi connectivity index (χ3v) is 3.67. The van der Waals surface area contributed by atoms with Gasteiger partial charge in [0.25, 0.3) is 0 Å². The molecule has 3 heteroatoms. The summed E-state index contributed by atoms with van der Waals surface area (Å²) in [6.07, 6.45) is 1.13. The lowest BCUT2D eigenvalue weighted by atomic mass is 10.00. The number of aryl methyl sites for hydroxylation is 2. The molecule has 0 aromatic heterocycles. The van der Waals surface area contributed by atoms with Gasteiger partial charge in [-0.1, -0.05) is 12.1 Å². The van der Waals surface area contributed by atoms with Crippen LogP contribution in [0.1, 0.15) is 17.5 Å². The largest absolute Gasteiger partial charge is 0.492 e. The van der Waals surface area contributed by atoms with E-state index in [-0.39, 0.29) is 0 Å². The second-order valence-electron chi connectivity index (χ2n) is 5.10. The number of hydrogen-bond acceptors (Lipinski definition) is 3. The molecule has 18 heavy (non-hydrogen) atoms. The van der Waals surface area contributed by atoms with Gasteiger partial charge in [0.2, 0.25) is 0 Å². The van der Waals surface area contributed by atoms with E-state index < -0.39 is 0 Å². The molecule has 2 unspecified atom stereocenters. The second kappa shape index (κ2) is 6.21. The maximum atomic E-state index is 5.96. The summed E-state index contributed by atoms with van der Waals surface area (Å²) in [6.45, 7) is 6.61. The molecule has 1 saturated heterocycles. The van der Waals surface area contributed by atoms with E-state index in [0.29, 0.717) is 18.6 Å². The van der Waals surface area contributed by atoms with Crippen LogP contribution in [0.4, 0.5) is 0 Å². The molecule has 1 aliphatic heterocycles. The molecule has 1 aliphatic rings. The SMILES string of the molecule is CNC(COc1cc(C)ccc1C)C1CCOC1. The summed E-state index contributed by atoms with van der Waals surface area (Å²) >= 11 is 0. The van der Waals surface area contributed by atoms with Crippen LogP contribution < -0.4 is 10.1 Å². The normalized spacial score (nSPS) is 20.9. The van der Waals surface area contributed by atoms with E-state index in [1.54, 1.807) is 0 Å². The van der Waals surface area contributed by atoms with E-state index in [1.165, 1.54) is 11.1 Å². The molecule has 0 aliphatic carbocycles. The van der Waals surface area contributed by atoms with Gasteiger partial charge in [0, 0.05) is 18.6 Å². The van der Waals surface area contributed by atoms with Crippen molar-refractivity contribution in [1.82, 2.24) is 5.32 Å². The van der Waals surface area contributed by atoms with Crippen LogP contribution in [-0.2, 0) is 4.74 Å². The molecule has 2 atom stereocenters. The molecule has 0 amide bonds. The van der Waals surface area contributed by atoms with E-state index in [1.807, 2.05) is 7.05 Å². The fourth-order valence-corrected chi connectivity index (χ4v) is 2.37. The van der Waals surface area contributed by atoms with Crippen LogP contribution in [-0.4, -0.2) is 32.9 Å². The highest BCUT2D eigenvalue weighted by molar-refractivity contribution is 5.35. The third kappa shape index (κ3) is 3.24. The summed E-state index contributed by atoms with van der Waals surface area (Å²) in [4.78, 5) is 0. The molecule has 0 spiro atoms. The zero-order valence-corrected chi connectivity index (χ0v) is 11.5. The van der Waals surface area contributed by atoms with E-state index in [4.69, 9.17) is 9.47 Å². The Balaban J connectivity index is 1.94. The Kier molecular flexibility index (Phi) is 4.61. The lowest BCUT2D eigenvalue weighted by Crippen LogP contribution is -2.39. The average Bonchev–Trinajstić information content (AvgIpc) is 2.88. The van der Waals surface area contributed by atoms with Gasteiger partial charge in [-0.25, -0.2) is 0 Å². The Morgan fingerprint density at radius 1 is 1.44 bits per heavy atom. The van der Waals surface area contributed by atoms with Gasteiger partial charge in [-0.05, 0) is 44.5 Å². The summed E-state index contributed by atoms with van der Waals surface area (Å²) in [7, 11) is 2.00. The fraction of sp³-hybridized carbons (Fsp3) is 0.600. The van der Waals surface area contributed by atoms with Gasteiger partial charge in [0.1, 0.15) is 12.4 Å². The van der Waals surface area contributed by atoms with Crippen molar-refractivity contribution in [2.75, 3.05) is 26.9 Å². The average molecular weight is 249 g/mol. The maximum absolute atomic E-state index is 5.96. The number of likely N-dealkylation sites (N-methyl/N-ethyl adjacent to an activating group) is 1. The Morgan fingerprint density at radius 2 is 2.28 bits per heavy atom. The van der Waals surface area contributed by atoms with Crippen LogP contribution in [0.3, 0.4) is 0 Å². The van der Waals surface area contributed by atoms with Crippen molar-refractivity contribution in [1.29, 1.82) is 0 Å². The molecule has 2 rings (SSSR count). The molecular weight excluding hydrogens is 226 g/mol. The smallest absolute Gasteiger partial charge is 0.122 e. The Bertz CT molecular complexity index is 386. The molecule has 1 aromatic carbocycles. The zero-order chi connectivity index (χ0) is 13.0. The minimum absolute atomic E-state index is 0.368. The standard InChI is InChI=1S/C15H23NO2/c1-11-4-5-12(2)15(8-11)18-10-14(16-3)13-6-7-17-9-13/h4-5,8,13-14,16H,6-7,9-10H2,1-3H3. The van der Waals surface area contributed by atoms with Crippen molar-refractivity contribution in [2.24, 2.45) is 5.92 Å². The van der Waals surface area contributed by atoms with Crippen LogP contribution in [0.5, 0.6) is 5.75 Å². The molecule has 3 nitrogen and oxygen atoms in total. The summed E-state index contributed by atoms with van der Waals surface area (Å²) in [5.41, 5.74) is 2.43. The van der Waals surface area contributed by atoms with E-state index in [9.17, 15) is 0 Å². The Labute approximate surface area is 109 Å². The van der Waals surface area contributed by atoms with Gasteiger partial charge in [0.05, 0.1) is 6.61 Å². The van der Waals surface area contributed by atoms with Crippen LogP contribution >= 0.6 is 0 Å². The maximum Gasteiger partial charge on any atom is 0.122 e. The number of nitrogens with one attached hydrogen (secondary N) is 1. The molecule has 1 aromatic rings. The van der Waals surface area contributed by atoms with Crippen LogP contribution in [0.15, 0.2) is 18.2 Å². The first-order valence-corrected chi connectivity index (χ1v) is 6.65. The summed E-state index contributed by atoms with van der Waals surface area (Å²) in [6, 6.07) is 6.69. The number of hydrogen-bond donors (Lipinski definition) is 1. The highest BCUT2D eigenvalue weighted by atomic mass is 16.5. The number of rotatable bonds is 5. The molecule has 1 N–H and O–H groups in total. The second-order valence-corrected chi connectivity index (χ2v) is 5.10. The number of ether oxygens (including phenoxy) is 2. The van der Waals surface area contributed by atoms with Gasteiger partial charge < -0.3 is 14.8 Å². The minimum atomic E-state index is 0.368. The van der Waals surface area contributed by atoms with Gasteiger partial charge in [0.15, 0.2) is 0 Å². The topological polar surface area (TPSA) is 30.5 Å². The molecule has 0 saturated carbocycles. The predicted octanol–water partition coefficient (Wildman–Crippen LogP) is 2.31. The molecule has 1 heterocycles. The van der Waals surface area contributed by atoms with Crippen molar-refractivity contribution in [2.45, 2.75) is 26.3 Å². The Morgan fingerprint density at radius 3 is 2.94 bits per heavy atom. The first kappa shape index (κ1) is 13.4. The molecule has 100 valence electrons. The first-order valence-electron chi connectivity index (χ1n) is 6.65. The van der Waals surface area contributed by atoms with Crippen LogP contribution in [0.25, 0.3) is 0 Å². The van der Waals surface area contributed by atoms with Crippen LogP contribution in [0, 0.1) is 19.8 Å². The van der Waals surface area contributed by atoms with Gasteiger partial charge in [-0.3, -0.25) is 0 Å². The molecule has 1 fully saturated rings. The van der Waals surface area contributed by atoms with Crippen molar-refractivity contribution in [3.05, 3.63) is 29.3 Å². The fourth-order valence-electron chi connectivity index (χ4n) is 2.37. The van der Waals surface area contributed by atoms with Crippen molar-refractivity contribution < 1.29 is 9.47 Å². The van der Waals surface area contributed by atoms with E-state index in [2.05, 4.69) is 37.4 Å². The molecule has 0 radical (unpaired) electrons. The summed E-state index contributed by atoms with van der Waals surface area (Å²) < 4.78 is 11.4. The lowest BCUT2D eigenvalue weighted by molar-refractivity contribution is 0.162. The monoisotopic (exact) mass is 249 g/mol. The zero-order valence-electron chi connectivity index (χ0n) is 11.5. The summed E-state index contributed by atoms with van der Waals surface area (Å²) in [5.74, 6) is 1.56. The van der Waals surface area contributed by atoms with Crippen molar-refractivity contribution in [3.8, 4) is 5.75 Å². The lowest BCUT2D eigenvalue weighted by Gasteiger charge is -2.22. The highest BCUT2D eigenvalue weighted by Crippen LogP contribution is 2.21. The quantitative estimate of drug-likeness (QED) is 0.868. The van der Waals surface area contributed by atoms with E-state index >= 15 is 0 Å². The third-order valence-electron chi connectivity index (χ3n) is 3.67. The predicted molar refractivity (Wildman–Crippen MR) is 73.2 cm³/mol. The summed E-state index contributed by atoms with van der Waals surface area (Å²) in [5, 5.41) is 3.34. The van der Waals surface area contributed by atoms with Gasteiger partial charge in [-0.2, -0.15) is 0 Å². The minimum Gasteiger partial charge on any atom is -0.492 e. The van der Waals surface area contributed by atoms with Gasteiger partial charge in [-0.15, -0.1) is 0 Å². The Hall–Kier alpha value is -1.06. The number of benzene rings is 1. The van der Waals surface area contributed by atoms with Crippen LogP contribution in [0.2, 0.25) is 0 Å². The van der Waals surface area contributed by atoms with Gasteiger partial charge >= 0.3 is 0 Å². The van der Waals surface area contributed by atoms with E-state index in [0.717, 1.165) is 25.4 Å². The first-order chi connectivity index (χ1) is 8.70. The molecule has 0 bridgehead atoms. The highest BCUT2D eigenvalue weighted by Gasteiger charge is 2.25. The van der Waals surface area contributed by atoms with Crippen molar-refractivity contribution in [3.63, 3.8) is 0 Å².